The summed E-state index contributed by atoms with van der Waals surface area (Å²) in [6.45, 7) is 0. The molecule has 1 heterocycles. The fraction of sp³-hybridized carbons (Fsp3) is 0. The van der Waals surface area contributed by atoms with E-state index >= 15 is 0 Å². The van der Waals surface area contributed by atoms with Gasteiger partial charge in [0.05, 0.1) is 6.20 Å². The van der Waals surface area contributed by atoms with Gasteiger partial charge in [0, 0.05) is 23.0 Å². The number of anilines is 1. The summed E-state index contributed by atoms with van der Waals surface area (Å²) in [5.41, 5.74) is 0.484. The Hall–Kier alpha value is -1.94. The second-order valence-corrected chi connectivity index (χ2v) is 3.49. The van der Waals surface area contributed by atoms with Crippen LogP contribution in [0.4, 0.5) is 5.82 Å². The molecule has 1 aromatic heterocycles. The van der Waals surface area contributed by atoms with Crippen molar-refractivity contribution in [2.24, 2.45) is 0 Å². The van der Waals surface area contributed by atoms with E-state index in [1.54, 1.807) is 24.3 Å². The number of hydrogen-bond donors (Lipinski definition) is 1. The summed E-state index contributed by atoms with van der Waals surface area (Å²) in [5.74, 6) is 0.149. The fourth-order valence-electron chi connectivity index (χ4n) is 1.18. The van der Waals surface area contributed by atoms with Crippen LogP contribution in [0.15, 0.2) is 42.9 Å². The average Bonchev–Trinajstić information content (AvgIpc) is 2.30. The second-order valence-electron chi connectivity index (χ2n) is 3.06. The molecule has 0 atom stereocenters. The molecule has 0 saturated heterocycles. The number of amides is 1. The summed E-state index contributed by atoms with van der Waals surface area (Å²) in [6.07, 6.45) is 4.52. The van der Waals surface area contributed by atoms with E-state index in [1.165, 1.54) is 18.6 Å². The Morgan fingerprint density at radius 3 is 2.88 bits per heavy atom. The molecule has 1 amide bonds. The summed E-state index contributed by atoms with van der Waals surface area (Å²) in [6, 6.07) is 6.69. The van der Waals surface area contributed by atoms with Gasteiger partial charge in [-0.05, 0) is 18.2 Å². The van der Waals surface area contributed by atoms with E-state index in [4.69, 9.17) is 11.6 Å². The molecule has 80 valence electrons. The zero-order valence-electron chi connectivity index (χ0n) is 8.22. The van der Waals surface area contributed by atoms with Crippen LogP contribution in [0.5, 0.6) is 0 Å². The Labute approximate surface area is 97.3 Å². The van der Waals surface area contributed by atoms with E-state index in [1.807, 2.05) is 0 Å². The van der Waals surface area contributed by atoms with Gasteiger partial charge in [-0.15, -0.1) is 0 Å². The summed E-state index contributed by atoms with van der Waals surface area (Å²) < 4.78 is 0. The van der Waals surface area contributed by atoms with Crippen molar-refractivity contribution in [1.82, 2.24) is 9.97 Å². The van der Waals surface area contributed by atoms with Gasteiger partial charge in [-0.1, -0.05) is 17.7 Å². The highest BCUT2D eigenvalue weighted by Crippen LogP contribution is 2.11. The van der Waals surface area contributed by atoms with E-state index in [2.05, 4.69) is 15.3 Å². The lowest BCUT2D eigenvalue weighted by molar-refractivity contribution is 0.102. The van der Waals surface area contributed by atoms with Crippen LogP contribution in [0.3, 0.4) is 0 Å². The smallest absolute Gasteiger partial charge is 0.256 e. The van der Waals surface area contributed by atoms with Gasteiger partial charge in [0.15, 0.2) is 5.82 Å². The molecule has 0 radical (unpaired) electrons. The molecule has 0 aliphatic carbocycles. The Kier molecular flexibility index (Phi) is 3.12. The third-order valence-electron chi connectivity index (χ3n) is 1.89. The topological polar surface area (TPSA) is 54.9 Å². The second kappa shape index (κ2) is 4.72. The third-order valence-corrected chi connectivity index (χ3v) is 2.13. The van der Waals surface area contributed by atoms with Crippen molar-refractivity contribution in [2.45, 2.75) is 0 Å². The molecule has 0 aliphatic heterocycles. The Balaban J connectivity index is 2.15. The Morgan fingerprint density at radius 1 is 1.31 bits per heavy atom. The van der Waals surface area contributed by atoms with Crippen molar-refractivity contribution in [1.29, 1.82) is 0 Å². The molecule has 16 heavy (non-hydrogen) atoms. The summed E-state index contributed by atoms with van der Waals surface area (Å²) >= 11 is 5.78. The number of aromatic nitrogens is 2. The van der Waals surface area contributed by atoms with Crippen LogP contribution < -0.4 is 5.32 Å². The van der Waals surface area contributed by atoms with Crippen LogP contribution in [0.1, 0.15) is 10.4 Å². The number of rotatable bonds is 2. The van der Waals surface area contributed by atoms with E-state index in [9.17, 15) is 4.79 Å². The molecule has 0 spiro atoms. The van der Waals surface area contributed by atoms with Gasteiger partial charge in [0.1, 0.15) is 0 Å². The maximum Gasteiger partial charge on any atom is 0.256 e. The third kappa shape index (κ3) is 2.55. The minimum atomic E-state index is -0.261. The highest BCUT2D eigenvalue weighted by atomic mass is 35.5. The monoisotopic (exact) mass is 233 g/mol. The normalized spacial score (nSPS) is 9.81. The SMILES string of the molecule is O=C(Nc1cnccn1)c1cccc(Cl)c1. The molecule has 2 rings (SSSR count). The lowest BCUT2D eigenvalue weighted by Gasteiger charge is -2.03. The average molecular weight is 234 g/mol. The van der Waals surface area contributed by atoms with Gasteiger partial charge in [0.25, 0.3) is 5.91 Å². The molecular weight excluding hydrogens is 226 g/mol. The number of nitrogens with zero attached hydrogens (tertiary/aromatic N) is 2. The minimum absolute atomic E-state index is 0.261. The predicted molar refractivity (Wildman–Crippen MR) is 61.4 cm³/mol. The standard InChI is InChI=1S/C11H8ClN3O/c12-9-3-1-2-8(6-9)11(16)15-10-7-13-4-5-14-10/h1-7H,(H,14,15,16). The van der Waals surface area contributed by atoms with E-state index < -0.39 is 0 Å². The first-order valence-corrected chi connectivity index (χ1v) is 4.96. The van der Waals surface area contributed by atoms with Crippen LogP contribution in [0.2, 0.25) is 5.02 Å². The van der Waals surface area contributed by atoms with Crippen LogP contribution in [0.25, 0.3) is 0 Å². The van der Waals surface area contributed by atoms with Gasteiger partial charge in [-0.25, -0.2) is 4.98 Å². The largest absolute Gasteiger partial charge is 0.305 e. The number of nitrogens with one attached hydrogen (secondary N) is 1. The molecule has 0 bridgehead atoms. The van der Waals surface area contributed by atoms with Crippen LogP contribution in [-0.4, -0.2) is 15.9 Å². The highest BCUT2D eigenvalue weighted by molar-refractivity contribution is 6.31. The molecule has 1 N–H and O–H groups in total. The fourth-order valence-corrected chi connectivity index (χ4v) is 1.37. The molecule has 0 aliphatic rings. The van der Waals surface area contributed by atoms with Crippen molar-refractivity contribution in [3.05, 3.63) is 53.4 Å². The molecule has 2 aromatic rings. The van der Waals surface area contributed by atoms with Crippen molar-refractivity contribution >= 4 is 23.3 Å². The zero-order chi connectivity index (χ0) is 11.4. The lowest BCUT2D eigenvalue weighted by Crippen LogP contribution is -2.12. The summed E-state index contributed by atoms with van der Waals surface area (Å²) in [4.78, 5) is 19.5. The molecule has 0 unspecified atom stereocenters. The first-order chi connectivity index (χ1) is 7.75. The number of hydrogen-bond acceptors (Lipinski definition) is 3. The Bertz CT molecular complexity index is 502. The lowest BCUT2D eigenvalue weighted by atomic mass is 10.2. The van der Waals surface area contributed by atoms with Crippen molar-refractivity contribution < 1.29 is 4.79 Å². The first kappa shape index (κ1) is 10.6. The summed E-state index contributed by atoms with van der Waals surface area (Å²) in [5, 5.41) is 3.13. The van der Waals surface area contributed by atoms with Crippen molar-refractivity contribution in [3.8, 4) is 0 Å². The van der Waals surface area contributed by atoms with Gasteiger partial charge in [0.2, 0.25) is 0 Å². The zero-order valence-corrected chi connectivity index (χ0v) is 8.98. The van der Waals surface area contributed by atoms with Gasteiger partial charge in [-0.2, -0.15) is 0 Å². The maximum atomic E-state index is 11.7. The molecule has 1 aromatic carbocycles. The first-order valence-electron chi connectivity index (χ1n) is 4.58. The van der Waals surface area contributed by atoms with Crippen LogP contribution >= 0.6 is 11.6 Å². The number of carbonyl (C=O) groups excluding carboxylic acids is 1. The number of carbonyl (C=O) groups is 1. The molecule has 5 heteroatoms. The van der Waals surface area contributed by atoms with Crippen molar-refractivity contribution in [3.63, 3.8) is 0 Å². The van der Waals surface area contributed by atoms with Crippen LogP contribution in [0, 0.1) is 0 Å². The minimum Gasteiger partial charge on any atom is -0.305 e. The summed E-state index contributed by atoms with van der Waals surface area (Å²) in [7, 11) is 0. The predicted octanol–water partition coefficient (Wildman–Crippen LogP) is 2.38. The molecule has 4 nitrogen and oxygen atoms in total. The number of benzene rings is 1. The van der Waals surface area contributed by atoms with Crippen molar-refractivity contribution in [2.75, 3.05) is 5.32 Å². The van der Waals surface area contributed by atoms with Gasteiger partial charge >= 0.3 is 0 Å². The maximum absolute atomic E-state index is 11.7. The van der Waals surface area contributed by atoms with Crippen LogP contribution in [-0.2, 0) is 0 Å². The molecular formula is C11H8ClN3O. The van der Waals surface area contributed by atoms with E-state index in [-0.39, 0.29) is 5.91 Å². The Morgan fingerprint density at radius 2 is 2.19 bits per heavy atom. The van der Waals surface area contributed by atoms with Gasteiger partial charge < -0.3 is 5.32 Å². The van der Waals surface area contributed by atoms with Gasteiger partial charge in [-0.3, -0.25) is 9.78 Å². The van der Waals surface area contributed by atoms with E-state index in [0.29, 0.717) is 16.4 Å². The molecule has 0 fully saturated rings. The molecule has 0 saturated carbocycles. The highest BCUT2D eigenvalue weighted by Gasteiger charge is 2.06. The quantitative estimate of drug-likeness (QED) is 0.867. The van der Waals surface area contributed by atoms with E-state index in [0.717, 1.165) is 0 Å². The number of halogens is 1.